The lowest BCUT2D eigenvalue weighted by Gasteiger charge is -2.18. The lowest BCUT2D eigenvalue weighted by molar-refractivity contribution is -0.104. The van der Waals surface area contributed by atoms with Gasteiger partial charge in [-0.25, -0.2) is 0 Å². The molecule has 1 aromatic rings. The summed E-state index contributed by atoms with van der Waals surface area (Å²) in [5.41, 5.74) is 2.12. The van der Waals surface area contributed by atoms with E-state index in [-0.39, 0.29) is 12.2 Å². The Bertz CT molecular complexity index is 391. The molecule has 1 aromatic carbocycles. The van der Waals surface area contributed by atoms with Crippen LogP contribution in [0.25, 0.3) is 0 Å². The van der Waals surface area contributed by atoms with E-state index in [0.717, 1.165) is 5.56 Å². The Hall–Kier alpha value is -1.16. The topological polar surface area (TPSA) is 38.7 Å². The summed E-state index contributed by atoms with van der Waals surface area (Å²) in [7, 11) is 0. The Kier molecular flexibility index (Phi) is 7.52. The number of hydrogen-bond donors (Lipinski definition) is 1. The van der Waals surface area contributed by atoms with Crippen LogP contribution in [-0.2, 0) is 9.47 Å². The highest BCUT2D eigenvalue weighted by Gasteiger charge is 2.14. The second-order valence-electron chi connectivity index (χ2n) is 4.88. The molecule has 0 radical (unpaired) electrons. The summed E-state index contributed by atoms with van der Waals surface area (Å²) >= 11 is 0. The van der Waals surface area contributed by atoms with Crippen molar-refractivity contribution in [1.82, 2.24) is 0 Å². The number of ether oxygens (including phenoxy) is 2. The van der Waals surface area contributed by atoms with Crippen LogP contribution in [0, 0.1) is 12.8 Å². The average molecular weight is 278 g/mol. The minimum absolute atomic E-state index is 0.00104. The molecule has 0 saturated carbocycles. The van der Waals surface area contributed by atoms with Crippen LogP contribution in [0.1, 0.15) is 38.0 Å². The highest BCUT2D eigenvalue weighted by atomic mass is 16.7. The smallest absolute Gasteiger partial charge is 0.176 e. The summed E-state index contributed by atoms with van der Waals surface area (Å²) in [6.45, 7) is 9.09. The van der Waals surface area contributed by atoms with Crippen molar-refractivity contribution in [3.63, 3.8) is 0 Å². The van der Waals surface area contributed by atoms with Crippen molar-refractivity contribution < 1.29 is 14.6 Å². The molecular formula is C17H26O3. The van der Waals surface area contributed by atoms with Crippen molar-refractivity contribution in [2.75, 3.05) is 13.2 Å². The zero-order valence-corrected chi connectivity index (χ0v) is 12.9. The molecule has 1 rings (SSSR count). The van der Waals surface area contributed by atoms with Gasteiger partial charge >= 0.3 is 0 Å². The van der Waals surface area contributed by atoms with E-state index in [0.29, 0.717) is 13.2 Å². The molecule has 0 spiro atoms. The van der Waals surface area contributed by atoms with Crippen LogP contribution in [0.5, 0.6) is 0 Å². The summed E-state index contributed by atoms with van der Waals surface area (Å²) < 4.78 is 10.9. The minimum atomic E-state index is -0.518. The summed E-state index contributed by atoms with van der Waals surface area (Å²) in [4.78, 5) is 0. The molecule has 0 bridgehead atoms. The van der Waals surface area contributed by atoms with Crippen molar-refractivity contribution in [2.24, 2.45) is 5.92 Å². The van der Waals surface area contributed by atoms with E-state index in [9.17, 15) is 5.11 Å². The van der Waals surface area contributed by atoms with E-state index in [1.807, 2.05) is 64.1 Å². The number of hydrogen-bond acceptors (Lipinski definition) is 3. The first kappa shape index (κ1) is 16.9. The largest absolute Gasteiger partial charge is 0.388 e. The van der Waals surface area contributed by atoms with Crippen LogP contribution in [-0.4, -0.2) is 24.6 Å². The lowest BCUT2D eigenvalue weighted by Crippen LogP contribution is -2.15. The predicted octanol–water partition coefficient (Wildman–Crippen LogP) is 3.62. The van der Waals surface area contributed by atoms with Gasteiger partial charge in [0, 0.05) is 19.1 Å². The summed E-state index contributed by atoms with van der Waals surface area (Å²) in [5.74, 6) is 0.00104. The van der Waals surface area contributed by atoms with Gasteiger partial charge in [-0.15, -0.1) is 0 Å². The maximum absolute atomic E-state index is 10.3. The van der Waals surface area contributed by atoms with Crippen LogP contribution < -0.4 is 0 Å². The summed E-state index contributed by atoms with van der Waals surface area (Å²) in [6, 6.07) is 7.95. The predicted molar refractivity (Wildman–Crippen MR) is 81.5 cm³/mol. The number of aliphatic hydroxyl groups excluding tert-OH is 1. The fourth-order valence-electron chi connectivity index (χ4n) is 1.93. The van der Waals surface area contributed by atoms with Crippen molar-refractivity contribution in [3.05, 3.63) is 47.5 Å². The molecule has 3 heteroatoms. The Labute approximate surface area is 122 Å². The first-order chi connectivity index (χ1) is 9.58. The Morgan fingerprint density at radius 3 is 2.10 bits per heavy atom. The van der Waals surface area contributed by atoms with E-state index >= 15 is 0 Å². The number of rotatable bonds is 8. The standard InChI is InChI=1S/C17H26O3/c1-5-19-16(20-6-2)12-9-14(4)17(18)15-10-7-13(3)8-11-15/h7-12,14,16-18H,5-6H2,1-4H3. The van der Waals surface area contributed by atoms with Gasteiger partial charge in [-0.3, -0.25) is 0 Å². The van der Waals surface area contributed by atoms with Gasteiger partial charge in [0.1, 0.15) is 0 Å². The molecule has 0 amide bonds. The molecule has 0 saturated heterocycles. The van der Waals surface area contributed by atoms with Gasteiger partial charge in [0.15, 0.2) is 6.29 Å². The van der Waals surface area contributed by atoms with Crippen LogP contribution in [0.4, 0.5) is 0 Å². The molecule has 0 aliphatic rings. The fraction of sp³-hybridized carbons (Fsp3) is 0.529. The molecule has 0 aromatic heterocycles. The van der Waals surface area contributed by atoms with E-state index in [1.165, 1.54) is 5.56 Å². The quantitative estimate of drug-likeness (QED) is 0.583. The molecule has 0 aliphatic carbocycles. The Morgan fingerprint density at radius 2 is 1.60 bits per heavy atom. The van der Waals surface area contributed by atoms with Crippen molar-refractivity contribution in [2.45, 2.75) is 40.1 Å². The van der Waals surface area contributed by atoms with Crippen molar-refractivity contribution in [1.29, 1.82) is 0 Å². The molecule has 2 atom stereocenters. The average Bonchev–Trinajstić information content (AvgIpc) is 2.45. The number of aliphatic hydroxyl groups is 1. The first-order valence-corrected chi connectivity index (χ1v) is 7.24. The van der Waals surface area contributed by atoms with Gasteiger partial charge in [0.05, 0.1) is 6.10 Å². The molecule has 0 fully saturated rings. The fourth-order valence-corrected chi connectivity index (χ4v) is 1.93. The molecule has 20 heavy (non-hydrogen) atoms. The van der Waals surface area contributed by atoms with E-state index in [4.69, 9.17) is 9.47 Å². The highest BCUT2D eigenvalue weighted by Crippen LogP contribution is 2.23. The van der Waals surface area contributed by atoms with Gasteiger partial charge in [-0.1, -0.05) is 42.8 Å². The summed E-state index contributed by atoms with van der Waals surface area (Å²) in [5, 5.41) is 10.3. The second kappa shape index (κ2) is 8.90. The van der Waals surface area contributed by atoms with Crippen LogP contribution in [0.2, 0.25) is 0 Å². The van der Waals surface area contributed by atoms with E-state index in [2.05, 4.69) is 0 Å². The lowest BCUT2D eigenvalue weighted by atomic mass is 9.96. The van der Waals surface area contributed by atoms with Gasteiger partial charge in [0.25, 0.3) is 0 Å². The van der Waals surface area contributed by atoms with Crippen LogP contribution in [0.3, 0.4) is 0 Å². The Balaban J connectivity index is 2.63. The van der Waals surface area contributed by atoms with Gasteiger partial charge in [0.2, 0.25) is 0 Å². The molecule has 3 nitrogen and oxygen atoms in total. The van der Waals surface area contributed by atoms with Crippen molar-refractivity contribution >= 4 is 0 Å². The zero-order valence-electron chi connectivity index (χ0n) is 12.9. The number of benzene rings is 1. The van der Waals surface area contributed by atoms with E-state index < -0.39 is 6.10 Å². The Morgan fingerprint density at radius 1 is 1.05 bits per heavy atom. The third kappa shape index (κ3) is 5.45. The third-order valence-electron chi connectivity index (χ3n) is 3.15. The maximum atomic E-state index is 10.3. The van der Waals surface area contributed by atoms with E-state index in [1.54, 1.807) is 0 Å². The van der Waals surface area contributed by atoms with Crippen LogP contribution in [0.15, 0.2) is 36.4 Å². The SMILES string of the molecule is CCOC(C=CC(C)C(O)c1ccc(C)cc1)OCC. The molecular weight excluding hydrogens is 252 g/mol. The summed E-state index contributed by atoms with van der Waals surface area (Å²) in [6.07, 6.45) is 2.96. The van der Waals surface area contributed by atoms with Crippen molar-refractivity contribution in [3.8, 4) is 0 Å². The molecule has 0 heterocycles. The van der Waals surface area contributed by atoms with Gasteiger partial charge in [-0.05, 0) is 32.4 Å². The third-order valence-corrected chi connectivity index (χ3v) is 3.15. The molecule has 2 unspecified atom stereocenters. The monoisotopic (exact) mass is 278 g/mol. The zero-order chi connectivity index (χ0) is 15.0. The molecule has 112 valence electrons. The van der Waals surface area contributed by atoms with Gasteiger partial charge in [-0.2, -0.15) is 0 Å². The molecule has 0 aliphatic heterocycles. The maximum Gasteiger partial charge on any atom is 0.176 e. The molecule has 1 N–H and O–H groups in total. The first-order valence-electron chi connectivity index (χ1n) is 7.24. The normalized spacial score (nSPS) is 14.9. The van der Waals surface area contributed by atoms with Gasteiger partial charge < -0.3 is 14.6 Å². The highest BCUT2D eigenvalue weighted by molar-refractivity contribution is 5.24. The number of aryl methyl sites for hydroxylation is 1. The minimum Gasteiger partial charge on any atom is -0.388 e. The van der Waals surface area contributed by atoms with Crippen LogP contribution >= 0.6 is 0 Å². The second-order valence-corrected chi connectivity index (χ2v) is 4.88.